The minimum absolute atomic E-state index is 0.388. The van der Waals surface area contributed by atoms with Crippen molar-refractivity contribution in [3.63, 3.8) is 0 Å². The summed E-state index contributed by atoms with van der Waals surface area (Å²) in [6.45, 7) is 2.30. The Hall–Kier alpha value is -2.48. The molecule has 0 spiro atoms. The van der Waals surface area contributed by atoms with Gasteiger partial charge in [-0.15, -0.1) is 9.59 Å². The van der Waals surface area contributed by atoms with Gasteiger partial charge in [0.15, 0.2) is 12.2 Å². The zero-order chi connectivity index (χ0) is 12.3. The van der Waals surface area contributed by atoms with Crippen LogP contribution in [0, 0.1) is 23.2 Å². The molecule has 1 aromatic heterocycles. The molecule has 84 valence electrons. The molecule has 0 unspecified atom stereocenters. The first-order valence-corrected chi connectivity index (χ1v) is 5.15. The number of nitrogens with one attached hydrogen (secondary N) is 1. The second kappa shape index (κ2) is 4.58. The van der Waals surface area contributed by atoms with Gasteiger partial charge in [0.25, 0.3) is 0 Å². The molecule has 0 radical (unpaired) electrons. The van der Waals surface area contributed by atoms with Crippen molar-refractivity contribution >= 4 is 5.69 Å². The minimum atomic E-state index is 0.388. The Kier molecular flexibility index (Phi) is 2.97. The predicted octanol–water partition coefficient (Wildman–Crippen LogP) is 1.93. The molecule has 0 bridgehead atoms. The summed E-state index contributed by atoms with van der Waals surface area (Å²) in [5.41, 5.74) is 2.64. The average Bonchev–Trinajstić information content (AvgIpc) is 2.70. The van der Waals surface area contributed by atoms with Gasteiger partial charge in [-0.25, -0.2) is 0 Å². The predicted molar refractivity (Wildman–Crippen MR) is 61.4 cm³/mol. The molecule has 17 heavy (non-hydrogen) atoms. The molecule has 2 rings (SSSR count). The lowest BCUT2D eigenvalue weighted by Crippen LogP contribution is -2.35. The molecule has 0 aliphatic carbocycles. The quantitative estimate of drug-likeness (QED) is 0.642. The molecule has 5 nitrogen and oxygen atoms in total. The van der Waals surface area contributed by atoms with Crippen LogP contribution in [0.25, 0.3) is 0 Å². The van der Waals surface area contributed by atoms with Crippen LogP contribution in [0.4, 0.5) is 5.69 Å². The Morgan fingerprint density at radius 1 is 1.47 bits per heavy atom. The highest BCUT2D eigenvalue weighted by Gasteiger charge is 2.13. The van der Waals surface area contributed by atoms with E-state index >= 15 is 0 Å². The van der Waals surface area contributed by atoms with Crippen molar-refractivity contribution in [3.05, 3.63) is 52.2 Å². The maximum Gasteiger partial charge on any atom is 0.225 e. The molecule has 0 amide bonds. The highest BCUT2D eigenvalue weighted by atomic mass is 16.3. The molecule has 5 heteroatoms. The van der Waals surface area contributed by atoms with Crippen molar-refractivity contribution in [1.82, 2.24) is 5.10 Å². The number of benzene rings is 1. The van der Waals surface area contributed by atoms with Gasteiger partial charge in [0.2, 0.25) is 6.20 Å². The summed E-state index contributed by atoms with van der Waals surface area (Å²) in [4.78, 5) is 10.5. The van der Waals surface area contributed by atoms with Gasteiger partial charge < -0.3 is 0 Å². The van der Waals surface area contributed by atoms with Crippen LogP contribution in [0.15, 0.2) is 35.6 Å². The van der Waals surface area contributed by atoms with E-state index in [0.717, 1.165) is 11.3 Å². The van der Waals surface area contributed by atoms with E-state index in [0.29, 0.717) is 17.8 Å². The maximum atomic E-state index is 10.5. The number of nitrogens with zero attached hydrogens (tertiary/aromatic N) is 3. The fourth-order valence-corrected chi connectivity index (χ4v) is 1.68. The second-order valence-electron chi connectivity index (χ2n) is 3.74. The van der Waals surface area contributed by atoms with Crippen molar-refractivity contribution in [2.75, 3.05) is 0 Å². The molecule has 2 aromatic rings. The number of nitriles is 1. The third kappa shape index (κ3) is 2.21. The van der Waals surface area contributed by atoms with Gasteiger partial charge in [0.1, 0.15) is 5.69 Å². The molecule has 0 fully saturated rings. The zero-order valence-electron chi connectivity index (χ0n) is 9.34. The number of aryl methyl sites for hydroxylation is 1. The van der Waals surface area contributed by atoms with Crippen molar-refractivity contribution < 1.29 is 4.68 Å². The Morgan fingerprint density at radius 2 is 2.24 bits per heavy atom. The summed E-state index contributed by atoms with van der Waals surface area (Å²) in [5.74, 6) is 0. The molecule has 0 saturated carbocycles. The summed E-state index contributed by atoms with van der Waals surface area (Å²) in [7, 11) is 0. The van der Waals surface area contributed by atoms with Gasteiger partial charge in [-0.05, 0) is 18.2 Å². The van der Waals surface area contributed by atoms with E-state index in [9.17, 15) is 4.91 Å². The Labute approximate surface area is 98.3 Å². The number of hydrogen-bond acceptors (Lipinski definition) is 3. The molecule has 0 aliphatic heterocycles. The number of rotatable bonds is 3. The largest absolute Gasteiger partial charge is 0.225 e. The minimum Gasteiger partial charge on any atom is -0.192 e. The molecule has 0 aliphatic rings. The normalized spacial score (nSPS) is 9.88. The average molecular weight is 227 g/mol. The van der Waals surface area contributed by atoms with E-state index in [1.54, 1.807) is 23.9 Å². The standard InChI is InChI=1S/C12H10N4O/c1-9-12(15-17)8-16(14-9)7-11-5-3-2-4-10(11)6-13/h2-5,8H,7H2,1H3/p+1. The number of aromatic nitrogens is 2. The molecule has 1 N–H and O–H groups in total. The van der Waals surface area contributed by atoms with Crippen LogP contribution in [-0.4, -0.2) is 5.10 Å². The second-order valence-corrected chi connectivity index (χ2v) is 3.74. The van der Waals surface area contributed by atoms with E-state index < -0.39 is 0 Å². The van der Waals surface area contributed by atoms with Crippen LogP contribution in [0.3, 0.4) is 0 Å². The lowest BCUT2D eigenvalue weighted by atomic mass is 10.1. The number of H-pyrrole nitrogens is 1. The Bertz CT molecular complexity index is 595. The van der Waals surface area contributed by atoms with Crippen LogP contribution in [0.1, 0.15) is 16.8 Å². The van der Waals surface area contributed by atoms with Gasteiger partial charge >= 0.3 is 0 Å². The van der Waals surface area contributed by atoms with Crippen LogP contribution in [0.2, 0.25) is 0 Å². The summed E-state index contributed by atoms with van der Waals surface area (Å²) in [6.07, 6.45) is 1.64. The van der Waals surface area contributed by atoms with Crippen molar-refractivity contribution in [1.29, 1.82) is 5.26 Å². The van der Waals surface area contributed by atoms with Crippen LogP contribution >= 0.6 is 0 Å². The highest BCUT2D eigenvalue weighted by Crippen LogP contribution is 2.13. The first kappa shape index (κ1) is 11.0. The molecule has 0 saturated heterocycles. The maximum absolute atomic E-state index is 10.5. The molecule has 0 atom stereocenters. The third-order valence-corrected chi connectivity index (χ3v) is 2.55. The third-order valence-electron chi connectivity index (χ3n) is 2.55. The first-order valence-electron chi connectivity index (χ1n) is 5.15. The van der Waals surface area contributed by atoms with Crippen LogP contribution in [-0.2, 0) is 6.54 Å². The lowest BCUT2D eigenvalue weighted by Gasteiger charge is -1.97. The first-order chi connectivity index (χ1) is 8.24. The topological polar surface area (TPSA) is 72.9 Å². The van der Waals surface area contributed by atoms with E-state index in [4.69, 9.17) is 5.26 Å². The molecular weight excluding hydrogens is 216 g/mol. The fraction of sp³-hybridized carbons (Fsp3) is 0.167. The van der Waals surface area contributed by atoms with E-state index in [-0.39, 0.29) is 0 Å². The molecule has 1 heterocycles. The SMILES string of the molecule is Cc1[nH][n+](Cc2ccccc2C#N)cc1N=O. The molecule has 1 aromatic carbocycles. The van der Waals surface area contributed by atoms with Crippen molar-refractivity contribution in [2.24, 2.45) is 5.18 Å². The van der Waals surface area contributed by atoms with Gasteiger partial charge in [-0.3, -0.25) is 0 Å². The van der Waals surface area contributed by atoms with Gasteiger partial charge in [-0.2, -0.15) is 10.4 Å². The Morgan fingerprint density at radius 3 is 2.88 bits per heavy atom. The van der Waals surface area contributed by atoms with Crippen LogP contribution < -0.4 is 4.68 Å². The van der Waals surface area contributed by atoms with Crippen molar-refractivity contribution in [3.8, 4) is 6.07 Å². The summed E-state index contributed by atoms with van der Waals surface area (Å²) in [5, 5.41) is 14.9. The highest BCUT2D eigenvalue weighted by molar-refractivity contribution is 5.37. The van der Waals surface area contributed by atoms with Gasteiger partial charge in [0, 0.05) is 5.56 Å². The van der Waals surface area contributed by atoms with E-state index in [1.807, 2.05) is 18.2 Å². The lowest BCUT2D eigenvalue weighted by molar-refractivity contribution is -0.742. The van der Waals surface area contributed by atoms with Gasteiger partial charge in [-0.1, -0.05) is 18.2 Å². The van der Waals surface area contributed by atoms with Gasteiger partial charge in [0.05, 0.1) is 11.6 Å². The summed E-state index contributed by atoms with van der Waals surface area (Å²) in [6, 6.07) is 9.50. The van der Waals surface area contributed by atoms with Crippen LogP contribution in [0.5, 0.6) is 0 Å². The number of nitroso groups, excluding NO2 is 1. The summed E-state index contributed by atoms with van der Waals surface area (Å²) >= 11 is 0. The van der Waals surface area contributed by atoms with E-state index in [2.05, 4.69) is 16.3 Å². The zero-order valence-corrected chi connectivity index (χ0v) is 9.34. The van der Waals surface area contributed by atoms with Crippen molar-refractivity contribution in [2.45, 2.75) is 13.5 Å². The smallest absolute Gasteiger partial charge is 0.192 e. The Balaban J connectivity index is 2.32. The number of hydrogen-bond donors (Lipinski definition) is 1. The monoisotopic (exact) mass is 227 g/mol. The number of aromatic amines is 1. The molecular formula is C12H11N4O+. The summed E-state index contributed by atoms with van der Waals surface area (Å²) < 4.78 is 1.74. The van der Waals surface area contributed by atoms with E-state index in [1.165, 1.54) is 0 Å². The fourth-order valence-electron chi connectivity index (χ4n) is 1.68.